The Morgan fingerprint density at radius 1 is 0.667 bits per heavy atom. The molecule has 0 saturated carbocycles. The van der Waals surface area contributed by atoms with Gasteiger partial charge in [0.1, 0.15) is 23.2 Å². The summed E-state index contributed by atoms with van der Waals surface area (Å²) in [6.07, 6.45) is 1.48. The first-order valence-corrected chi connectivity index (χ1v) is 10.4. The molecule has 1 atom stereocenters. The number of aliphatic hydroxyl groups excluding tert-OH is 1. The average Bonchev–Trinajstić information content (AvgIpc) is 2.65. The molecular weight excluding hydrogens is 311 g/mol. The van der Waals surface area contributed by atoms with Gasteiger partial charge in [-0.2, -0.15) is 0 Å². The molecule has 1 N–H and O–H groups in total. The number of rotatable bonds is 6. The van der Waals surface area contributed by atoms with Gasteiger partial charge >= 0.3 is 0 Å². The van der Waals surface area contributed by atoms with Gasteiger partial charge in [-0.05, 0) is 43.3 Å². The standard InChI is InChI=1S/C22H24OP/c1-19(23)17-18-24(20-11-5-2-6-12-20,21-13-7-3-8-14-21)22-15-9-4-10-16-22/h2-16,19,23H,17-18H2,1H3/q+1/t19-/m1/s1. The van der Waals surface area contributed by atoms with Crippen LogP contribution in [-0.2, 0) is 0 Å². The third-order valence-corrected chi connectivity index (χ3v) is 8.94. The molecule has 3 aromatic rings. The number of hydrogen-bond donors (Lipinski definition) is 1. The van der Waals surface area contributed by atoms with Crippen LogP contribution in [0.3, 0.4) is 0 Å². The maximum atomic E-state index is 9.97. The smallest absolute Gasteiger partial charge is 0.112 e. The summed E-state index contributed by atoms with van der Waals surface area (Å²) in [7, 11) is -1.77. The molecule has 0 radical (unpaired) electrons. The highest BCUT2D eigenvalue weighted by Crippen LogP contribution is 2.55. The molecule has 0 heterocycles. The lowest BCUT2D eigenvalue weighted by molar-refractivity contribution is 0.192. The van der Waals surface area contributed by atoms with Crippen LogP contribution in [0, 0.1) is 0 Å². The summed E-state index contributed by atoms with van der Waals surface area (Å²) in [4.78, 5) is 0. The van der Waals surface area contributed by atoms with E-state index in [1.54, 1.807) is 0 Å². The zero-order chi connectivity index (χ0) is 16.8. The van der Waals surface area contributed by atoms with Crippen LogP contribution in [0.2, 0.25) is 0 Å². The predicted octanol–water partition coefficient (Wildman–Crippen LogP) is 3.75. The molecule has 0 saturated heterocycles. The van der Waals surface area contributed by atoms with E-state index in [0.29, 0.717) is 0 Å². The fraction of sp³-hybridized carbons (Fsp3) is 0.182. The molecule has 0 aromatic heterocycles. The molecule has 1 nitrogen and oxygen atoms in total. The molecule has 0 aliphatic carbocycles. The van der Waals surface area contributed by atoms with Crippen LogP contribution in [0.15, 0.2) is 91.0 Å². The Hall–Kier alpha value is -1.95. The van der Waals surface area contributed by atoms with Crippen molar-refractivity contribution in [2.75, 3.05) is 6.16 Å². The lowest BCUT2D eigenvalue weighted by Gasteiger charge is -2.28. The molecular formula is C22H24OP+. The summed E-state index contributed by atoms with van der Waals surface area (Å²) in [5, 5.41) is 14.1. The van der Waals surface area contributed by atoms with Crippen molar-refractivity contribution in [2.45, 2.75) is 19.4 Å². The van der Waals surface area contributed by atoms with Crippen molar-refractivity contribution in [1.82, 2.24) is 0 Å². The number of aliphatic hydroxyl groups is 1. The highest BCUT2D eigenvalue weighted by atomic mass is 31.2. The van der Waals surface area contributed by atoms with Crippen LogP contribution in [-0.4, -0.2) is 17.4 Å². The van der Waals surface area contributed by atoms with Gasteiger partial charge in [-0.3, -0.25) is 0 Å². The molecule has 0 bridgehead atoms. The van der Waals surface area contributed by atoms with E-state index in [9.17, 15) is 5.11 Å². The predicted molar refractivity (Wildman–Crippen MR) is 106 cm³/mol. The molecule has 0 fully saturated rings. The zero-order valence-electron chi connectivity index (χ0n) is 14.0. The lowest BCUT2D eigenvalue weighted by atomic mass is 10.3. The van der Waals surface area contributed by atoms with Crippen molar-refractivity contribution in [3.63, 3.8) is 0 Å². The van der Waals surface area contributed by atoms with Crippen LogP contribution >= 0.6 is 7.26 Å². The molecule has 0 amide bonds. The van der Waals surface area contributed by atoms with Gasteiger partial charge in [-0.15, -0.1) is 0 Å². The first-order chi connectivity index (χ1) is 11.7. The average molecular weight is 335 g/mol. The normalized spacial score (nSPS) is 12.8. The second-order valence-corrected chi connectivity index (χ2v) is 9.79. The molecule has 24 heavy (non-hydrogen) atoms. The topological polar surface area (TPSA) is 20.2 Å². The van der Waals surface area contributed by atoms with Crippen molar-refractivity contribution in [2.24, 2.45) is 0 Å². The second kappa shape index (κ2) is 7.75. The van der Waals surface area contributed by atoms with Crippen LogP contribution in [0.1, 0.15) is 13.3 Å². The van der Waals surface area contributed by atoms with Gasteiger partial charge in [-0.25, -0.2) is 0 Å². The lowest BCUT2D eigenvalue weighted by Crippen LogP contribution is -2.34. The minimum absolute atomic E-state index is 0.291. The number of benzene rings is 3. The van der Waals surface area contributed by atoms with Crippen molar-refractivity contribution < 1.29 is 5.11 Å². The van der Waals surface area contributed by atoms with Gasteiger partial charge in [0.15, 0.2) is 0 Å². The fourth-order valence-corrected chi connectivity index (χ4v) is 7.74. The summed E-state index contributed by atoms with van der Waals surface area (Å²) in [6.45, 7) is 1.88. The van der Waals surface area contributed by atoms with Gasteiger partial charge in [0, 0.05) is 6.42 Å². The first-order valence-electron chi connectivity index (χ1n) is 8.46. The number of hydrogen-bond acceptors (Lipinski definition) is 1. The molecule has 2 heteroatoms. The van der Waals surface area contributed by atoms with Gasteiger partial charge in [-0.1, -0.05) is 54.6 Å². The van der Waals surface area contributed by atoms with E-state index < -0.39 is 7.26 Å². The summed E-state index contributed by atoms with van der Waals surface area (Å²) >= 11 is 0. The molecule has 0 unspecified atom stereocenters. The first kappa shape index (κ1) is 16.9. The second-order valence-electron chi connectivity index (χ2n) is 6.18. The van der Waals surface area contributed by atoms with Crippen LogP contribution in [0.25, 0.3) is 0 Å². The SMILES string of the molecule is C[C@@H](O)CC[P+](c1ccccc1)(c1ccccc1)c1ccccc1. The quantitative estimate of drug-likeness (QED) is 0.680. The summed E-state index contributed by atoms with van der Waals surface area (Å²) in [5.74, 6) is 0. The summed E-state index contributed by atoms with van der Waals surface area (Å²) in [5.41, 5.74) is 0. The maximum absolute atomic E-state index is 9.97. The van der Waals surface area contributed by atoms with Gasteiger partial charge in [0.2, 0.25) is 0 Å². The highest BCUT2D eigenvalue weighted by Gasteiger charge is 2.44. The Morgan fingerprint density at radius 3 is 1.29 bits per heavy atom. The van der Waals surface area contributed by atoms with Crippen molar-refractivity contribution in [3.8, 4) is 0 Å². The van der Waals surface area contributed by atoms with E-state index in [2.05, 4.69) is 91.0 Å². The largest absolute Gasteiger partial charge is 0.393 e. The monoisotopic (exact) mass is 335 g/mol. The maximum Gasteiger partial charge on any atom is 0.112 e. The Bertz CT molecular complexity index is 642. The van der Waals surface area contributed by atoms with Gasteiger partial charge in [0.05, 0.1) is 12.3 Å². The van der Waals surface area contributed by atoms with E-state index in [-0.39, 0.29) is 6.10 Å². The van der Waals surface area contributed by atoms with E-state index >= 15 is 0 Å². The zero-order valence-corrected chi connectivity index (χ0v) is 14.9. The molecule has 3 aromatic carbocycles. The minimum Gasteiger partial charge on any atom is -0.393 e. The van der Waals surface area contributed by atoms with Crippen LogP contribution < -0.4 is 15.9 Å². The van der Waals surface area contributed by atoms with Gasteiger partial charge < -0.3 is 5.11 Å². The molecule has 122 valence electrons. The van der Waals surface area contributed by atoms with Crippen molar-refractivity contribution in [3.05, 3.63) is 91.0 Å². The van der Waals surface area contributed by atoms with Crippen LogP contribution in [0.5, 0.6) is 0 Å². The van der Waals surface area contributed by atoms with Gasteiger partial charge in [0.25, 0.3) is 0 Å². The third-order valence-electron chi connectivity index (χ3n) is 4.47. The molecule has 0 aliphatic rings. The Balaban J connectivity index is 2.24. The third kappa shape index (κ3) is 3.43. The summed E-state index contributed by atoms with van der Waals surface area (Å²) in [6, 6.07) is 32.4. The molecule has 0 spiro atoms. The summed E-state index contributed by atoms with van der Waals surface area (Å²) < 4.78 is 0. The van der Waals surface area contributed by atoms with Crippen molar-refractivity contribution >= 4 is 23.2 Å². The minimum atomic E-state index is -1.77. The van der Waals surface area contributed by atoms with E-state index in [1.165, 1.54) is 15.9 Å². The Kier molecular flexibility index (Phi) is 5.45. The van der Waals surface area contributed by atoms with E-state index in [1.807, 2.05) is 6.92 Å². The van der Waals surface area contributed by atoms with E-state index in [4.69, 9.17) is 0 Å². The Morgan fingerprint density at radius 2 is 1.00 bits per heavy atom. The molecule has 3 rings (SSSR count). The van der Waals surface area contributed by atoms with E-state index in [0.717, 1.165) is 12.6 Å². The molecule has 0 aliphatic heterocycles. The van der Waals surface area contributed by atoms with Crippen LogP contribution in [0.4, 0.5) is 0 Å². The fourth-order valence-electron chi connectivity index (χ4n) is 3.26. The highest BCUT2D eigenvalue weighted by molar-refractivity contribution is 7.95. The Labute approximate surface area is 145 Å². The van der Waals surface area contributed by atoms with Crippen molar-refractivity contribution in [1.29, 1.82) is 0 Å².